The highest BCUT2D eigenvalue weighted by Gasteiger charge is 2.33. The van der Waals surface area contributed by atoms with Gasteiger partial charge in [0.1, 0.15) is 5.69 Å². The Morgan fingerprint density at radius 2 is 1.92 bits per heavy atom. The molecule has 26 heavy (non-hydrogen) atoms. The molecule has 138 valence electrons. The molecule has 0 unspecified atom stereocenters. The third kappa shape index (κ3) is 3.60. The molecule has 0 bridgehead atoms. The van der Waals surface area contributed by atoms with Gasteiger partial charge in [0.2, 0.25) is 0 Å². The number of likely N-dealkylation sites (tertiary alicyclic amines) is 1. The molecule has 2 saturated heterocycles. The molecule has 0 saturated carbocycles. The fraction of sp³-hybridized carbons (Fsp3) is 0.524. The summed E-state index contributed by atoms with van der Waals surface area (Å²) in [5, 5.41) is 1.07. The van der Waals surface area contributed by atoms with Crippen LogP contribution in [0.15, 0.2) is 36.4 Å². The highest BCUT2D eigenvalue weighted by molar-refractivity contribution is 5.95. The van der Waals surface area contributed by atoms with Crippen molar-refractivity contribution in [2.75, 3.05) is 26.2 Å². The molecule has 0 N–H and O–H groups in total. The van der Waals surface area contributed by atoms with Gasteiger partial charge >= 0.3 is 0 Å². The molecule has 4 rings (SSSR count). The molecule has 1 aromatic carbocycles. The summed E-state index contributed by atoms with van der Waals surface area (Å²) < 4.78 is 5.83. The topological polar surface area (TPSA) is 45.7 Å². The number of fused-ring (bicyclic) bond motifs is 1. The molecule has 5 heteroatoms. The van der Waals surface area contributed by atoms with E-state index in [1.54, 1.807) is 0 Å². The number of amides is 1. The normalized spacial score (nSPS) is 27.2. The van der Waals surface area contributed by atoms with Gasteiger partial charge in [-0.15, -0.1) is 0 Å². The number of pyridine rings is 1. The number of rotatable bonds is 3. The molecule has 2 aliphatic rings. The van der Waals surface area contributed by atoms with Crippen molar-refractivity contribution in [3.8, 4) is 0 Å². The van der Waals surface area contributed by atoms with Gasteiger partial charge in [0.05, 0.1) is 17.7 Å². The molecule has 1 amide bonds. The third-order valence-electron chi connectivity index (χ3n) is 5.42. The second-order valence-electron chi connectivity index (χ2n) is 7.66. The van der Waals surface area contributed by atoms with Crippen molar-refractivity contribution in [2.45, 2.75) is 44.9 Å². The standard InChI is InChI=1S/C21H27N3O2/c1-15-12-23(13-16(2)26-15)14-18-7-5-11-24(18)21(25)20-10-9-17-6-3-4-8-19(17)22-20/h3-4,6,8-10,15-16,18H,5,7,11-14H2,1-2H3/t15-,16+,18-/m0/s1. The Morgan fingerprint density at radius 1 is 1.15 bits per heavy atom. The fourth-order valence-electron chi connectivity index (χ4n) is 4.36. The Morgan fingerprint density at radius 3 is 2.73 bits per heavy atom. The van der Waals surface area contributed by atoms with E-state index in [0.29, 0.717) is 5.69 Å². The number of benzene rings is 1. The van der Waals surface area contributed by atoms with Crippen LogP contribution in [0.25, 0.3) is 10.9 Å². The maximum atomic E-state index is 13.1. The van der Waals surface area contributed by atoms with E-state index < -0.39 is 0 Å². The Hall–Kier alpha value is -1.98. The Kier molecular flexibility index (Phi) is 4.92. The van der Waals surface area contributed by atoms with Crippen molar-refractivity contribution < 1.29 is 9.53 Å². The molecule has 3 heterocycles. The second kappa shape index (κ2) is 7.33. The van der Waals surface area contributed by atoms with Crippen LogP contribution >= 0.6 is 0 Å². The van der Waals surface area contributed by atoms with Crippen LogP contribution in [0.5, 0.6) is 0 Å². The third-order valence-corrected chi connectivity index (χ3v) is 5.42. The lowest BCUT2D eigenvalue weighted by Gasteiger charge is -2.38. The van der Waals surface area contributed by atoms with Gasteiger partial charge in [-0.3, -0.25) is 9.69 Å². The minimum atomic E-state index is 0.0626. The molecular formula is C21H27N3O2. The van der Waals surface area contributed by atoms with Crippen LogP contribution in [0, 0.1) is 0 Å². The summed E-state index contributed by atoms with van der Waals surface area (Å²) in [5.41, 5.74) is 1.43. The Balaban J connectivity index is 1.49. The van der Waals surface area contributed by atoms with E-state index in [9.17, 15) is 4.79 Å². The summed E-state index contributed by atoms with van der Waals surface area (Å²) in [6.07, 6.45) is 2.65. The summed E-state index contributed by atoms with van der Waals surface area (Å²) in [4.78, 5) is 22.2. The Bertz CT molecular complexity index is 784. The van der Waals surface area contributed by atoms with Gasteiger partial charge in [0.15, 0.2) is 0 Å². The monoisotopic (exact) mass is 353 g/mol. The minimum Gasteiger partial charge on any atom is -0.373 e. The van der Waals surface area contributed by atoms with Crippen LogP contribution in [0.4, 0.5) is 0 Å². The summed E-state index contributed by atoms with van der Waals surface area (Å²) in [6, 6.07) is 12.1. The molecular weight excluding hydrogens is 326 g/mol. The van der Waals surface area contributed by atoms with Crippen LogP contribution in [0.2, 0.25) is 0 Å². The number of hydrogen-bond donors (Lipinski definition) is 0. The predicted molar refractivity (Wildman–Crippen MR) is 102 cm³/mol. The lowest BCUT2D eigenvalue weighted by molar-refractivity contribution is -0.0715. The maximum Gasteiger partial charge on any atom is 0.272 e. The van der Waals surface area contributed by atoms with Gasteiger partial charge < -0.3 is 9.64 Å². The van der Waals surface area contributed by atoms with E-state index in [-0.39, 0.29) is 24.2 Å². The fourth-order valence-corrected chi connectivity index (χ4v) is 4.36. The summed E-state index contributed by atoms with van der Waals surface area (Å²) >= 11 is 0. The summed E-state index contributed by atoms with van der Waals surface area (Å²) in [7, 11) is 0. The van der Waals surface area contributed by atoms with E-state index in [4.69, 9.17) is 4.74 Å². The number of aromatic nitrogens is 1. The lowest BCUT2D eigenvalue weighted by Crippen LogP contribution is -2.51. The second-order valence-corrected chi connectivity index (χ2v) is 7.66. The van der Waals surface area contributed by atoms with E-state index in [2.05, 4.69) is 23.7 Å². The van der Waals surface area contributed by atoms with E-state index in [1.807, 2.05) is 41.3 Å². The van der Waals surface area contributed by atoms with E-state index in [1.165, 1.54) is 0 Å². The summed E-state index contributed by atoms with van der Waals surface area (Å²) in [5.74, 6) is 0.0626. The van der Waals surface area contributed by atoms with Gasteiger partial charge in [-0.1, -0.05) is 24.3 Å². The van der Waals surface area contributed by atoms with Crippen molar-refractivity contribution in [2.24, 2.45) is 0 Å². The number of hydrogen-bond acceptors (Lipinski definition) is 4. The van der Waals surface area contributed by atoms with Crippen molar-refractivity contribution >= 4 is 16.8 Å². The average Bonchev–Trinajstić information content (AvgIpc) is 3.08. The van der Waals surface area contributed by atoms with Gasteiger partial charge in [0.25, 0.3) is 5.91 Å². The van der Waals surface area contributed by atoms with Crippen LogP contribution < -0.4 is 0 Å². The number of morpholine rings is 1. The molecule has 2 aliphatic heterocycles. The SMILES string of the molecule is C[C@@H]1CN(C[C@@H]2CCCN2C(=O)c2ccc3ccccc3n2)C[C@H](C)O1. The highest BCUT2D eigenvalue weighted by Crippen LogP contribution is 2.23. The molecule has 2 aromatic rings. The van der Waals surface area contributed by atoms with Crippen LogP contribution in [0.3, 0.4) is 0 Å². The number of carbonyl (C=O) groups is 1. The first-order valence-corrected chi connectivity index (χ1v) is 9.65. The number of nitrogens with zero attached hydrogens (tertiary/aromatic N) is 3. The summed E-state index contributed by atoms with van der Waals surface area (Å²) in [6.45, 7) is 7.89. The molecule has 3 atom stereocenters. The van der Waals surface area contributed by atoms with Crippen LogP contribution in [0.1, 0.15) is 37.2 Å². The maximum absolute atomic E-state index is 13.1. The van der Waals surface area contributed by atoms with Crippen molar-refractivity contribution in [1.82, 2.24) is 14.8 Å². The molecule has 0 aliphatic carbocycles. The number of para-hydroxylation sites is 1. The van der Waals surface area contributed by atoms with Crippen molar-refractivity contribution in [3.05, 3.63) is 42.1 Å². The van der Waals surface area contributed by atoms with E-state index >= 15 is 0 Å². The van der Waals surface area contributed by atoms with Gasteiger partial charge in [0, 0.05) is 37.6 Å². The first-order valence-electron chi connectivity index (χ1n) is 9.65. The molecule has 5 nitrogen and oxygen atoms in total. The Labute approximate surface area is 154 Å². The molecule has 0 radical (unpaired) electrons. The molecule has 1 aromatic heterocycles. The number of carbonyl (C=O) groups excluding carboxylic acids is 1. The largest absolute Gasteiger partial charge is 0.373 e. The predicted octanol–water partition coefficient (Wildman–Crippen LogP) is 2.95. The molecule has 2 fully saturated rings. The zero-order valence-corrected chi connectivity index (χ0v) is 15.6. The highest BCUT2D eigenvalue weighted by atomic mass is 16.5. The lowest BCUT2D eigenvalue weighted by atomic mass is 10.1. The molecule has 0 spiro atoms. The first-order chi connectivity index (χ1) is 12.6. The first kappa shape index (κ1) is 17.4. The van der Waals surface area contributed by atoms with Gasteiger partial charge in [-0.05, 0) is 38.8 Å². The van der Waals surface area contributed by atoms with E-state index in [0.717, 1.165) is 49.9 Å². The van der Waals surface area contributed by atoms with Crippen LogP contribution in [-0.2, 0) is 4.74 Å². The quantitative estimate of drug-likeness (QED) is 0.851. The minimum absolute atomic E-state index is 0.0626. The average molecular weight is 353 g/mol. The smallest absolute Gasteiger partial charge is 0.272 e. The zero-order chi connectivity index (χ0) is 18.1. The van der Waals surface area contributed by atoms with Crippen LogP contribution in [-0.4, -0.2) is 65.1 Å². The van der Waals surface area contributed by atoms with Gasteiger partial charge in [-0.25, -0.2) is 4.98 Å². The van der Waals surface area contributed by atoms with Crippen molar-refractivity contribution in [3.63, 3.8) is 0 Å². The van der Waals surface area contributed by atoms with Gasteiger partial charge in [-0.2, -0.15) is 0 Å². The number of ether oxygens (including phenoxy) is 1. The van der Waals surface area contributed by atoms with Crippen molar-refractivity contribution in [1.29, 1.82) is 0 Å². The zero-order valence-electron chi connectivity index (χ0n) is 15.6.